The Labute approximate surface area is 247 Å². The second-order valence-electron chi connectivity index (χ2n) is 11.5. The van der Waals surface area contributed by atoms with Crippen molar-refractivity contribution in [3.8, 4) is 17.0 Å². The van der Waals surface area contributed by atoms with Crippen molar-refractivity contribution in [1.82, 2.24) is 19.2 Å². The van der Waals surface area contributed by atoms with Crippen molar-refractivity contribution in [2.45, 2.75) is 44.9 Å². The number of nitrogens with zero attached hydrogens (tertiary/aromatic N) is 4. The van der Waals surface area contributed by atoms with Gasteiger partial charge in [-0.1, -0.05) is 41.9 Å². The van der Waals surface area contributed by atoms with E-state index in [1.165, 1.54) is 50.9 Å². The van der Waals surface area contributed by atoms with Crippen molar-refractivity contribution < 1.29 is 9.84 Å². The minimum atomic E-state index is -0.114. The molecule has 0 bridgehead atoms. The highest BCUT2D eigenvalue weighted by molar-refractivity contribution is 6.32. The Balaban J connectivity index is 1.00. The van der Waals surface area contributed by atoms with Gasteiger partial charge in [0.1, 0.15) is 11.4 Å². The molecule has 0 spiro atoms. The normalized spacial score (nSPS) is 20.4. The fraction of sp³-hybridized carbons (Fsp3) is 0.424. The van der Waals surface area contributed by atoms with Gasteiger partial charge in [-0.3, -0.25) is 4.90 Å². The standard InChI is InChI=1S/C33H40ClN5O2/c1-41-32-17-26(23-40)29(19-30(32)34)31-22-39-12-11-28(18-33(39)36-31)35-27-9-7-25(8-10-27)21-38-15-13-37(14-16-38)20-24-5-3-2-4-6-24/h2-6,11-12,17-19,22,25,27,35,40H,7-10,13-16,20-21,23H2,1H3. The summed E-state index contributed by atoms with van der Waals surface area (Å²) in [6, 6.07) is 19.1. The molecule has 8 heteroatoms. The van der Waals surface area contributed by atoms with E-state index < -0.39 is 0 Å². The Morgan fingerprint density at radius 2 is 1.73 bits per heavy atom. The molecular weight excluding hydrogens is 534 g/mol. The monoisotopic (exact) mass is 573 g/mol. The number of imidazole rings is 1. The van der Waals surface area contributed by atoms with Crippen molar-refractivity contribution in [2.75, 3.05) is 45.2 Å². The van der Waals surface area contributed by atoms with E-state index >= 15 is 0 Å². The van der Waals surface area contributed by atoms with Crippen LogP contribution in [0.15, 0.2) is 67.0 Å². The van der Waals surface area contributed by atoms with Crippen LogP contribution in [0, 0.1) is 5.92 Å². The predicted molar refractivity (Wildman–Crippen MR) is 166 cm³/mol. The summed E-state index contributed by atoms with van der Waals surface area (Å²) in [5.41, 5.74) is 5.70. The van der Waals surface area contributed by atoms with Crippen molar-refractivity contribution in [2.24, 2.45) is 5.92 Å². The molecule has 41 heavy (non-hydrogen) atoms. The quantitative estimate of drug-likeness (QED) is 0.258. The van der Waals surface area contributed by atoms with E-state index in [1.807, 2.05) is 22.9 Å². The van der Waals surface area contributed by atoms with Crippen molar-refractivity contribution >= 4 is 22.9 Å². The molecule has 2 aliphatic rings. The van der Waals surface area contributed by atoms with E-state index in [4.69, 9.17) is 21.3 Å². The van der Waals surface area contributed by atoms with Gasteiger partial charge in [-0.2, -0.15) is 0 Å². The molecule has 4 aromatic rings. The van der Waals surface area contributed by atoms with Crippen LogP contribution in [0.25, 0.3) is 16.9 Å². The van der Waals surface area contributed by atoms with Gasteiger partial charge in [-0.15, -0.1) is 0 Å². The predicted octanol–water partition coefficient (Wildman–Crippen LogP) is 5.94. The van der Waals surface area contributed by atoms with Crippen molar-refractivity contribution in [1.29, 1.82) is 0 Å². The van der Waals surface area contributed by atoms with Crippen LogP contribution in [-0.2, 0) is 13.2 Å². The Morgan fingerprint density at radius 3 is 2.46 bits per heavy atom. The highest BCUT2D eigenvalue weighted by Gasteiger charge is 2.25. The Bertz CT molecular complexity index is 1440. The maximum absolute atomic E-state index is 9.91. The van der Waals surface area contributed by atoms with Gasteiger partial charge < -0.3 is 24.5 Å². The maximum Gasteiger partial charge on any atom is 0.139 e. The molecule has 0 radical (unpaired) electrons. The molecule has 7 nitrogen and oxygen atoms in total. The lowest BCUT2D eigenvalue weighted by molar-refractivity contribution is 0.104. The number of hydrogen-bond acceptors (Lipinski definition) is 6. The summed E-state index contributed by atoms with van der Waals surface area (Å²) < 4.78 is 7.32. The molecule has 3 heterocycles. The van der Waals surface area contributed by atoms with Crippen LogP contribution in [0.2, 0.25) is 5.02 Å². The summed E-state index contributed by atoms with van der Waals surface area (Å²) >= 11 is 6.38. The number of benzene rings is 2. The molecule has 2 aromatic heterocycles. The van der Waals surface area contributed by atoms with Gasteiger partial charge >= 0.3 is 0 Å². The topological polar surface area (TPSA) is 65.3 Å². The number of piperazine rings is 1. The second kappa shape index (κ2) is 12.8. The largest absolute Gasteiger partial charge is 0.495 e. The first-order valence-electron chi connectivity index (χ1n) is 14.8. The number of aliphatic hydroxyl groups excluding tert-OH is 1. The Hall–Kier alpha value is -3.10. The van der Waals surface area contributed by atoms with Crippen LogP contribution in [-0.4, -0.2) is 70.2 Å². The number of halogens is 1. The smallest absolute Gasteiger partial charge is 0.139 e. The SMILES string of the molecule is COc1cc(CO)c(-c2cn3ccc(NC4CCC(CN5CCN(Cc6ccccc6)CC5)CC4)cc3n2)cc1Cl. The molecule has 2 aromatic carbocycles. The third kappa shape index (κ3) is 6.70. The number of rotatable bonds is 9. The molecule has 1 saturated carbocycles. The first kappa shape index (κ1) is 28.0. The molecular formula is C33H40ClN5O2. The molecule has 2 fully saturated rings. The highest BCUT2D eigenvalue weighted by atomic mass is 35.5. The van der Waals surface area contributed by atoms with Crippen LogP contribution in [0.4, 0.5) is 5.69 Å². The fourth-order valence-electron chi connectivity index (χ4n) is 6.38. The van der Waals surface area contributed by atoms with E-state index in [2.05, 4.69) is 57.6 Å². The zero-order valence-corrected chi connectivity index (χ0v) is 24.6. The van der Waals surface area contributed by atoms with Gasteiger partial charge in [0.05, 0.1) is 24.4 Å². The average Bonchev–Trinajstić information content (AvgIpc) is 3.43. The minimum absolute atomic E-state index is 0.114. The molecule has 6 rings (SSSR count). The third-order valence-corrected chi connectivity index (χ3v) is 9.03. The lowest BCUT2D eigenvalue weighted by Gasteiger charge is -2.38. The van der Waals surface area contributed by atoms with Crippen LogP contribution in [0.5, 0.6) is 5.75 Å². The van der Waals surface area contributed by atoms with Gasteiger partial charge in [0.25, 0.3) is 0 Å². The molecule has 1 aliphatic heterocycles. The van der Waals surface area contributed by atoms with Crippen molar-refractivity contribution in [3.63, 3.8) is 0 Å². The third-order valence-electron chi connectivity index (χ3n) is 8.73. The van der Waals surface area contributed by atoms with Gasteiger partial charge in [0.2, 0.25) is 0 Å². The average molecular weight is 574 g/mol. The minimum Gasteiger partial charge on any atom is -0.495 e. The van der Waals surface area contributed by atoms with E-state index in [9.17, 15) is 5.11 Å². The van der Waals surface area contributed by atoms with Crippen LogP contribution < -0.4 is 10.1 Å². The number of aromatic nitrogens is 2. The fourth-order valence-corrected chi connectivity index (χ4v) is 6.63. The van der Waals surface area contributed by atoms with Crippen LogP contribution in [0.3, 0.4) is 0 Å². The molecule has 2 N–H and O–H groups in total. The van der Waals surface area contributed by atoms with Gasteiger partial charge in [-0.05, 0) is 60.9 Å². The molecule has 216 valence electrons. The summed E-state index contributed by atoms with van der Waals surface area (Å²) in [5.74, 6) is 1.34. The second-order valence-corrected chi connectivity index (χ2v) is 11.9. The van der Waals surface area contributed by atoms with Crippen LogP contribution >= 0.6 is 11.6 Å². The molecule has 0 atom stereocenters. The number of anilines is 1. The number of aliphatic hydroxyl groups is 1. The number of fused-ring (bicyclic) bond motifs is 1. The van der Waals surface area contributed by atoms with Crippen molar-refractivity contribution in [3.05, 3.63) is 83.1 Å². The number of methoxy groups -OCH3 is 1. The lowest BCUT2D eigenvalue weighted by Crippen LogP contribution is -2.47. The van der Waals surface area contributed by atoms with E-state index in [0.717, 1.165) is 53.7 Å². The lowest BCUT2D eigenvalue weighted by atomic mass is 9.85. The van der Waals surface area contributed by atoms with E-state index in [1.54, 1.807) is 13.2 Å². The first-order valence-corrected chi connectivity index (χ1v) is 15.2. The first-order chi connectivity index (χ1) is 20.1. The maximum atomic E-state index is 9.91. The van der Waals surface area contributed by atoms with Crippen LogP contribution in [0.1, 0.15) is 36.8 Å². The van der Waals surface area contributed by atoms with Gasteiger partial charge in [0, 0.05) is 75.0 Å². The Kier molecular flexibility index (Phi) is 8.77. The van der Waals surface area contributed by atoms with Gasteiger partial charge in [-0.25, -0.2) is 4.98 Å². The number of ether oxygens (including phenoxy) is 1. The molecule has 0 amide bonds. The number of hydrogen-bond donors (Lipinski definition) is 2. The van der Waals surface area contributed by atoms with Gasteiger partial charge in [0.15, 0.2) is 0 Å². The molecule has 1 aliphatic carbocycles. The number of nitrogens with one attached hydrogen (secondary N) is 1. The highest BCUT2D eigenvalue weighted by Crippen LogP contribution is 2.34. The van der Waals surface area contributed by atoms with E-state index in [-0.39, 0.29) is 6.61 Å². The number of pyridine rings is 1. The molecule has 1 saturated heterocycles. The summed E-state index contributed by atoms with van der Waals surface area (Å²) in [5, 5.41) is 14.2. The summed E-state index contributed by atoms with van der Waals surface area (Å²) in [4.78, 5) is 10.1. The summed E-state index contributed by atoms with van der Waals surface area (Å²) in [6.07, 6.45) is 8.98. The zero-order chi connectivity index (χ0) is 28.2. The molecule has 0 unspecified atom stereocenters. The summed E-state index contributed by atoms with van der Waals surface area (Å²) in [7, 11) is 1.57. The zero-order valence-electron chi connectivity index (χ0n) is 23.8. The summed E-state index contributed by atoms with van der Waals surface area (Å²) in [6.45, 7) is 6.88. The van der Waals surface area contributed by atoms with E-state index in [0.29, 0.717) is 16.8 Å². The Morgan fingerprint density at radius 1 is 0.976 bits per heavy atom.